The van der Waals surface area contributed by atoms with Crippen LogP contribution in [0.5, 0.6) is 0 Å². The standard InChI is InChI=1S/C19H29NO2/c1-15(21)14-17-10-7-13-20(17)18(22)11-12-19(2,3)16-8-5-4-6-9-16/h4-6,8-9,15,17,21H,7,10-14H2,1-3H3. The maximum Gasteiger partial charge on any atom is 0.222 e. The maximum absolute atomic E-state index is 12.6. The van der Waals surface area contributed by atoms with Crippen LogP contribution < -0.4 is 0 Å². The molecule has 1 aromatic rings. The lowest BCUT2D eigenvalue weighted by Crippen LogP contribution is -2.37. The van der Waals surface area contributed by atoms with E-state index in [1.54, 1.807) is 6.92 Å². The SMILES string of the molecule is CC(O)CC1CCCN1C(=O)CCC(C)(C)c1ccccc1. The van der Waals surface area contributed by atoms with Crippen molar-refractivity contribution in [3.05, 3.63) is 35.9 Å². The van der Waals surface area contributed by atoms with E-state index in [-0.39, 0.29) is 23.5 Å². The van der Waals surface area contributed by atoms with Crippen LogP contribution in [-0.4, -0.2) is 34.6 Å². The molecule has 2 rings (SSSR count). The summed E-state index contributed by atoms with van der Waals surface area (Å²) in [6, 6.07) is 10.6. The second-order valence-corrected chi connectivity index (χ2v) is 7.22. The van der Waals surface area contributed by atoms with E-state index in [4.69, 9.17) is 0 Å². The molecule has 0 spiro atoms. The molecule has 1 fully saturated rings. The Morgan fingerprint density at radius 2 is 2.05 bits per heavy atom. The summed E-state index contributed by atoms with van der Waals surface area (Å²) in [4.78, 5) is 14.6. The van der Waals surface area contributed by atoms with Gasteiger partial charge < -0.3 is 10.0 Å². The Balaban J connectivity index is 1.92. The Labute approximate surface area is 134 Å². The van der Waals surface area contributed by atoms with E-state index in [0.717, 1.165) is 25.8 Å². The zero-order valence-electron chi connectivity index (χ0n) is 14.1. The van der Waals surface area contributed by atoms with Crippen LogP contribution >= 0.6 is 0 Å². The number of carbonyl (C=O) groups is 1. The summed E-state index contributed by atoms with van der Waals surface area (Å²) in [7, 11) is 0. The number of aliphatic hydroxyl groups excluding tert-OH is 1. The molecule has 0 saturated carbocycles. The van der Waals surface area contributed by atoms with E-state index in [9.17, 15) is 9.90 Å². The van der Waals surface area contributed by atoms with Crippen molar-refractivity contribution in [2.75, 3.05) is 6.54 Å². The van der Waals surface area contributed by atoms with E-state index in [1.165, 1.54) is 5.56 Å². The number of hydrogen-bond acceptors (Lipinski definition) is 2. The number of amides is 1. The lowest BCUT2D eigenvalue weighted by molar-refractivity contribution is -0.132. The minimum atomic E-state index is -0.334. The van der Waals surface area contributed by atoms with Gasteiger partial charge in [-0.2, -0.15) is 0 Å². The van der Waals surface area contributed by atoms with Gasteiger partial charge in [-0.1, -0.05) is 44.2 Å². The number of likely N-dealkylation sites (tertiary alicyclic amines) is 1. The van der Waals surface area contributed by atoms with Crippen molar-refractivity contribution in [2.24, 2.45) is 0 Å². The molecule has 3 heteroatoms. The minimum absolute atomic E-state index is 0.0103. The molecule has 1 N–H and O–H groups in total. The molecular formula is C19H29NO2. The monoisotopic (exact) mass is 303 g/mol. The Bertz CT molecular complexity index is 481. The third-order valence-electron chi connectivity index (χ3n) is 4.83. The Morgan fingerprint density at radius 3 is 2.68 bits per heavy atom. The van der Waals surface area contributed by atoms with Gasteiger partial charge in [0, 0.05) is 19.0 Å². The van der Waals surface area contributed by atoms with Gasteiger partial charge in [0.25, 0.3) is 0 Å². The third-order valence-corrected chi connectivity index (χ3v) is 4.83. The van der Waals surface area contributed by atoms with Crippen molar-refractivity contribution >= 4 is 5.91 Å². The van der Waals surface area contributed by atoms with Crippen LogP contribution in [0.15, 0.2) is 30.3 Å². The van der Waals surface area contributed by atoms with Gasteiger partial charge in [-0.05, 0) is 43.6 Å². The smallest absolute Gasteiger partial charge is 0.222 e. The average Bonchev–Trinajstić information content (AvgIpc) is 2.93. The summed E-state index contributed by atoms with van der Waals surface area (Å²) in [5.41, 5.74) is 1.29. The summed E-state index contributed by atoms with van der Waals surface area (Å²) in [6.07, 6.45) is 3.89. The van der Waals surface area contributed by atoms with E-state index < -0.39 is 0 Å². The molecule has 1 aliphatic rings. The molecule has 1 heterocycles. The summed E-state index contributed by atoms with van der Waals surface area (Å²) >= 11 is 0. The fourth-order valence-corrected chi connectivity index (χ4v) is 3.40. The third kappa shape index (κ3) is 4.33. The van der Waals surface area contributed by atoms with E-state index in [0.29, 0.717) is 12.8 Å². The van der Waals surface area contributed by atoms with Crippen LogP contribution in [0.2, 0.25) is 0 Å². The molecule has 1 aliphatic heterocycles. The number of hydrogen-bond donors (Lipinski definition) is 1. The molecule has 3 nitrogen and oxygen atoms in total. The minimum Gasteiger partial charge on any atom is -0.393 e. The molecule has 0 radical (unpaired) electrons. The van der Waals surface area contributed by atoms with Crippen molar-refractivity contribution in [3.8, 4) is 0 Å². The molecule has 1 amide bonds. The molecule has 1 aromatic carbocycles. The zero-order chi connectivity index (χ0) is 16.2. The molecule has 0 aromatic heterocycles. The number of rotatable bonds is 6. The highest BCUT2D eigenvalue weighted by molar-refractivity contribution is 5.77. The van der Waals surface area contributed by atoms with Crippen molar-refractivity contribution in [1.82, 2.24) is 4.90 Å². The first kappa shape index (κ1) is 17.0. The Morgan fingerprint density at radius 1 is 1.36 bits per heavy atom. The summed E-state index contributed by atoms with van der Waals surface area (Å²) < 4.78 is 0. The second-order valence-electron chi connectivity index (χ2n) is 7.22. The number of carbonyl (C=O) groups excluding carboxylic acids is 1. The topological polar surface area (TPSA) is 40.5 Å². The van der Waals surface area contributed by atoms with E-state index in [2.05, 4.69) is 38.1 Å². The van der Waals surface area contributed by atoms with Crippen LogP contribution in [0.25, 0.3) is 0 Å². The molecule has 0 bridgehead atoms. The number of benzene rings is 1. The first-order valence-electron chi connectivity index (χ1n) is 8.43. The number of nitrogens with zero attached hydrogens (tertiary/aromatic N) is 1. The van der Waals surface area contributed by atoms with Gasteiger partial charge in [0.15, 0.2) is 0 Å². The fraction of sp³-hybridized carbons (Fsp3) is 0.632. The van der Waals surface area contributed by atoms with Gasteiger partial charge in [-0.3, -0.25) is 4.79 Å². The van der Waals surface area contributed by atoms with Crippen molar-refractivity contribution in [2.45, 2.75) is 70.4 Å². The summed E-state index contributed by atoms with van der Waals surface area (Å²) in [6.45, 7) is 7.06. The van der Waals surface area contributed by atoms with Gasteiger partial charge in [0.1, 0.15) is 0 Å². The van der Waals surface area contributed by atoms with E-state index >= 15 is 0 Å². The van der Waals surface area contributed by atoms with Crippen molar-refractivity contribution < 1.29 is 9.90 Å². The van der Waals surface area contributed by atoms with Crippen LogP contribution in [0, 0.1) is 0 Å². The van der Waals surface area contributed by atoms with E-state index in [1.807, 2.05) is 11.0 Å². The highest BCUT2D eigenvalue weighted by Crippen LogP contribution is 2.30. The van der Waals surface area contributed by atoms with Gasteiger partial charge in [0.05, 0.1) is 6.10 Å². The Hall–Kier alpha value is -1.35. The summed E-state index contributed by atoms with van der Waals surface area (Å²) in [5, 5.41) is 9.58. The highest BCUT2D eigenvalue weighted by Gasteiger charge is 2.30. The summed E-state index contributed by atoms with van der Waals surface area (Å²) in [5.74, 6) is 0.243. The molecule has 1 saturated heterocycles. The normalized spacial score (nSPS) is 20.2. The molecule has 2 unspecified atom stereocenters. The van der Waals surface area contributed by atoms with Crippen molar-refractivity contribution in [3.63, 3.8) is 0 Å². The number of aliphatic hydroxyl groups is 1. The maximum atomic E-state index is 12.6. The average molecular weight is 303 g/mol. The molecular weight excluding hydrogens is 274 g/mol. The van der Waals surface area contributed by atoms with Crippen LogP contribution in [0.3, 0.4) is 0 Å². The molecule has 22 heavy (non-hydrogen) atoms. The predicted octanol–water partition coefficient (Wildman–Crippen LogP) is 3.51. The zero-order valence-corrected chi connectivity index (χ0v) is 14.1. The molecule has 122 valence electrons. The lowest BCUT2D eigenvalue weighted by Gasteiger charge is -2.29. The van der Waals surface area contributed by atoms with Gasteiger partial charge >= 0.3 is 0 Å². The van der Waals surface area contributed by atoms with Crippen LogP contribution in [0.1, 0.15) is 58.4 Å². The quantitative estimate of drug-likeness (QED) is 0.873. The molecule has 0 aliphatic carbocycles. The van der Waals surface area contributed by atoms with Gasteiger partial charge in [-0.15, -0.1) is 0 Å². The first-order chi connectivity index (χ1) is 10.4. The van der Waals surface area contributed by atoms with Crippen molar-refractivity contribution in [1.29, 1.82) is 0 Å². The Kier molecular flexibility index (Phi) is 5.63. The highest BCUT2D eigenvalue weighted by atomic mass is 16.3. The predicted molar refractivity (Wildman–Crippen MR) is 89.7 cm³/mol. The van der Waals surface area contributed by atoms with Crippen LogP contribution in [-0.2, 0) is 10.2 Å². The molecule has 2 atom stereocenters. The first-order valence-corrected chi connectivity index (χ1v) is 8.43. The van der Waals surface area contributed by atoms with Gasteiger partial charge in [-0.25, -0.2) is 0 Å². The van der Waals surface area contributed by atoms with Crippen LogP contribution in [0.4, 0.5) is 0 Å². The van der Waals surface area contributed by atoms with Gasteiger partial charge in [0.2, 0.25) is 5.91 Å². The largest absolute Gasteiger partial charge is 0.393 e. The lowest BCUT2D eigenvalue weighted by atomic mass is 9.80. The second kappa shape index (κ2) is 7.28. The fourth-order valence-electron chi connectivity index (χ4n) is 3.40.